The van der Waals surface area contributed by atoms with Crippen LogP contribution in [0.5, 0.6) is 11.8 Å². The molecular formula is C30H23ClFN7O2. The summed E-state index contributed by atoms with van der Waals surface area (Å²) in [7, 11) is 1.71. The van der Waals surface area contributed by atoms with E-state index in [9.17, 15) is 10.1 Å². The standard InChI is InChI=1S/C30H23ClFN7O2/c1-15(2)29(40)38-19-6-7-20(22(32)12-19)27-24(25-26(39(27)4)18(13-33)14-36-28(25)34)17-5-8-23(21(31)11-17)41-30-35-10-9-16(3)37-30/h5-12,14H,1H2,2-4H3,(H2,34,36)(H,38,40). The van der Waals surface area contributed by atoms with E-state index in [-0.39, 0.29) is 39.2 Å². The molecule has 0 aliphatic rings. The van der Waals surface area contributed by atoms with Gasteiger partial charge in [-0.25, -0.2) is 19.3 Å². The van der Waals surface area contributed by atoms with Crippen LogP contribution in [0.2, 0.25) is 5.02 Å². The van der Waals surface area contributed by atoms with Crippen LogP contribution >= 0.6 is 11.6 Å². The van der Waals surface area contributed by atoms with Crippen LogP contribution in [0.25, 0.3) is 33.3 Å². The van der Waals surface area contributed by atoms with E-state index in [0.29, 0.717) is 33.5 Å². The van der Waals surface area contributed by atoms with Gasteiger partial charge in [-0.05, 0) is 55.8 Å². The van der Waals surface area contributed by atoms with Gasteiger partial charge in [-0.3, -0.25) is 4.79 Å². The largest absolute Gasteiger partial charge is 0.423 e. The lowest BCUT2D eigenvalue weighted by molar-refractivity contribution is -0.112. The van der Waals surface area contributed by atoms with Crippen molar-refractivity contribution in [1.29, 1.82) is 5.26 Å². The maximum atomic E-state index is 15.7. The van der Waals surface area contributed by atoms with Crippen molar-refractivity contribution < 1.29 is 13.9 Å². The van der Waals surface area contributed by atoms with Crippen molar-refractivity contribution in [2.45, 2.75) is 13.8 Å². The average Bonchev–Trinajstić information content (AvgIpc) is 3.24. The van der Waals surface area contributed by atoms with Gasteiger partial charge in [0.15, 0.2) is 0 Å². The Kier molecular flexibility index (Phi) is 7.13. The van der Waals surface area contributed by atoms with Crippen molar-refractivity contribution in [3.63, 3.8) is 0 Å². The average molecular weight is 568 g/mol. The second-order valence-corrected chi connectivity index (χ2v) is 9.74. The topological polar surface area (TPSA) is 132 Å². The number of carbonyl (C=O) groups excluding carboxylic acids is 1. The van der Waals surface area contributed by atoms with Crippen molar-refractivity contribution in [2.75, 3.05) is 11.1 Å². The minimum atomic E-state index is -0.607. The number of aryl methyl sites for hydroxylation is 2. The predicted molar refractivity (Wildman–Crippen MR) is 156 cm³/mol. The zero-order chi connectivity index (χ0) is 29.4. The summed E-state index contributed by atoms with van der Waals surface area (Å²) < 4.78 is 23.2. The summed E-state index contributed by atoms with van der Waals surface area (Å²) in [6.07, 6.45) is 2.96. The molecule has 0 bridgehead atoms. The van der Waals surface area contributed by atoms with E-state index >= 15 is 4.39 Å². The van der Waals surface area contributed by atoms with Crippen molar-refractivity contribution in [3.05, 3.63) is 89.1 Å². The lowest BCUT2D eigenvalue weighted by atomic mass is 9.97. The first kappa shape index (κ1) is 27.3. The van der Waals surface area contributed by atoms with Crippen LogP contribution in [0.15, 0.2) is 67.0 Å². The number of nitrogen functional groups attached to an aromatic ring is 1. The Morgan fingerprint density at radius 1 is 1.22 bits per heavy atom. The third-order valence-electron chi connectivity index (χ3n) is 6.42. The van der Waals surface area contributed by atoms with E-state index in [1.165, 1.54) is 12.3 Å². The van der Waals surface area contributed by atoms with E-state index in [1.807, 2.05) is 6.92 Å². The van der Waals surface area contributed by atoms with Crippen molar-refractivity contribution in [2.24, 2.45) is 7.05 Å². The van der Waals surface area contributed by atoms with Gasteiger partial charge < -0.3 is 20.4 Å². The Morgan fingerprint density at radius 2 is 2.00 bits per heavy atom. The Bertz CT molecular complexity index is 1930. The van der Waals surface area contributed by atoms with Crippen molar-refractivity contribution in [1.82, 2.24) is 19.5 Å². The van der Waals surface area contributed by atoms with Crippen LogP contribution in [-0.4, -0.2) is 25.4 Å². The molecule has 0 aliphatic carbocycles. The molecule has 11 heteroatoms. The number of hydrogen-bond acceptors (Lipinski definition) is 7. The summed E-state index contributed by atoms with van der Waals surface area (Å²) in [5.41, 5.74) is 10.1. The van der Waals surface area contributed by atoms with E-state index in [2.05, 4.69) is 32.9 Å². The molecule has 2 aromatic carbocycles. The van der Waals surface area contributed by atoms with Gasteiger partial charge in [0.25, 0.3) is 5.91 Å². The second-order valence-electron chi connectivity index (χ2n) is 9.33. The fourth-order valence-corrected chi connectivity index (χ4v) is 4.74. The zero-order valence-corrected chi connectivity index (χ0v) is 23.0. The minimum Gasteiger partial charge on any atom is -0.423 e. The highest BCUT2D eigenvalue weighted by Crippen LogP contribution is 2.45. The number of rotatable bonds is 6. The molecule has 204 valence electrons. The molecule has 3 heterocycles. The van der Waals surface area contributed by atoms with Gasteiger partial charge in [-0.1, -0.05) is 24.2 Å². The van der Waals surface area contributed by atoms with Crippen LogP contribution in [0, 0.1) is 24.1 Å². The number of anilines is 2. The summed E-state index contributed by atoms with van der Waals surface area (Å²) in [5.74, 6) is -0.557. The lowest BCUT2D eigenvalue weighted by Crippen LogP contribution is -2.12. The number of fused-ring (bicyclic) bond motifs is 1. The third-order valence-corrected chi connectivity index (χ3v) is 6.72. The summed E-state index contributed by atoms with van der Waals surface area (Å²) in [4.78, 5) is 24.6. The monoisotopic (exact) mass is 567 g/mol. The van der Waals surface area contributed by atoms with Crippen molar-refractivity contribution in [3.8, 4) is 40.2 Å². The van der Waals surface area contributed by atoms with Gasteiger partial charge in [-0.2, -0.15) is 5.26 Å². The van der Waals surface area contributed by atoms with E-state index in [1.54, 1.807) is 61.1 Å². The molecule has 9 nitrogen and oxygen atoms in total. The molecule has 1 amide bonds. The summed E-state index contributed by atoms with van der Waals surface area (Å²) in [5, 5.41) is 13.2. The molecule has 0 spiro atoms. The van der Waals surface area contributed by atoms with E-state index < -0.39 is 11.7 Å². The Labute approximate surface area is 239 Å². The Hall–Kier alpha value is -5.27. The normalized spacial score (nSPS) is 10.8. The molecule has 5 rings (SSSR count). The highest BCUT2D eigenvalue weighted by Gasteiger charge is 2.26. The van der Waals surface area contributed by atoms with Crippen LogP contribution in [0.4, 0.5) is 15.9 Å². The van der Waals surface area contributed by atoms with Crippen molar-refractivity contribution >= 4 is 39.9 Å². The van der Waals surface area contributed by atoms with Crippen LogP contribution in [0.1, 0.15) is 18.2 Å². The SMILES string of the molecule is C=C(C)C(=O)Nc1ccc(-c2c(-c3ccc(Oc4nccc(C)n4)c(Cl)c3)c3c(N)ncc(C#N)c3n2C)c(F)c1. The molecule has 0 fully saturated rings. The van der Waals surface area contributed by atoms with E-state index in [4.69, 9.17) is 22.1 Å². The Morgan fingerprint density at radius 3 is 2.66 bits per heavy atom. The summed E-state index contributed by atoms with van der Waals surface area (Å²) in [6, 6.07) is 13.4. The molecule has 3 N–H and O–H groups in total. The van der Waals surface area contributed by atoms with Crippen LogP contribution in [0.3, 0.4) is 0 Å². The molecular weight excluding hydrogens is 545 g/mol. The number of benzene rings is 2. The number of aromatic nitrogens is 4. The molecule has 0 radical (unpaired) electrons. The third kappa shape index (κ3) is 5.06. The first-order chi connectivity index (χ1) is 19.6. The molecule has 0 unspecified atom stereocenters. The number of nitrogens with zero attached hydrogens (tertiary/aromatic N) is 5. The number of amides is 1. The first-order valence-corrected chi connectivity index (χ1v) is 12.7. The highest BCUT2D eigenvalue weighted by molar-refractivity contribution is 6.32. The number of halogens is 2. The molecule has 41 heavy (non-hydrogen) atoms. The molecule has 3 aromatic heterocycles. The first-order valence-electron chi connectivity index (χ1n) is 12.3. The zero-order valence-electron chi connectivity index (χ0n) is 22.3. The number of hydrogen-bond donors (Lipinski definition) is 2. The second kappa shape index (κ2) is 10.7. The number of pyridine rings is 1. The quantitative estimate of drug-likeness (QED) is 0.222. The van der Waals surface area contributed by atoms with Gasteiger partial charge >= 0.3 is 6.01 Å². The molecule has 0 saturated heterocycles. The molecule has 5 aromatic rings. The van der Waals surface area contributed by atoms with Gasteiger partial charge in [-0.15, -0.1) is 0 Å². The minimum absolute atomic E-state index is 0.138. The van der Waals surface area contributed by atoms with Gasteiger partial charge in [0, 0.05) is 47.5 Å². The number of nitrogens with two attached hydrogens (primary N) is 1. The van der Waals surface area contributed by atoms with Crippen LogP contribution < -0.4 is 15.8 Å². The number of carbonyl (C=O) groups is 1. The van der Waals surface area contributed by atoms with Gasteiger partial charge in [0.05, 0.1) is 27.2 Å². The fourth-order valence-electron chi connectivity index (χ4n) is 4.52. The van der Waals surface area contributed by atoms with Crippen LogP contribution in [-0.2, 0) is 11.8 Å². The summed E-state index contributed by atoms with van der Waals surface area (Å²) in [6.45, 7) is 6.98. The highest BCUT2D eigenvalue weighted by atomic mass is 35.5. The van der Waals surface area contributed by atoms with Gasteiger partial charge in [0.1, 0.15) is 23.5 Å². The maximum Gasteiger partial charge on any atom is 0.322 e. The number of nitriles is 1. The van der Waals surface area contributed by atoms with Gasteiger partial charge in [0.2, 0.25) is 0 Å². The fraction of sp³-hybridized carbons (Fsp3) is 0.100. The predicted octanol–water partition coefficient (Wildman–Crippen LogP) is 6.56. The lowest BCUT2D eigenvalue weighted by Gasteiger charge is -2.13. The molecule has 0 saturated carbocycles. The number of nitrogens with one attached hydrogen (secondary N) is 1. The smallest absolute Gasteiger partial charge is 0.322 e. The number of ether oxygens (including phenoxy) is 1. The molecule has 0 atom stereocenters. The molecule has 0 aliphatic heterocycles. The van der Waals surface area contributed by atoms with E-state index in [0.717, 1.165) is 5.69 Å². The summed E-state index contributed by atoms with van der Waals surface area (Å²) >= 11 is 6.64. The Balaban J connectivity index is 1.71. The maximum absolute atomic E-state index is 15.7.